The lowest BCUT2D eigenvalue weighted by Crippen LogP contribution is -2.49. The normalized spacial score (nSPS) is 17.7. The van der Waals surface area contributed by atoms with E-state index in [0.717, 1.165) is 49.1 Å². The molecule has 2 aromatic carbocycles. The Morgan fingerprint density at radius 2 is 1.69 bits per heavy atom. The largest absolute Gasteiger partial charge is 0.491 e. The van der Waals surface area contributed by atoms with Crippen molar-refractivity contribution in [1.82, 2.24) is 14.7 Å². The molecule has 5 rings (SSSR count). The third-order valence-corrected chi connectivity index (χ3v) is 7.28. The lowest BCUT2D eigenvalue weighted by Gasteiger charge is -2.36. The summed E-state index contributed by atoms with van der Waals surface area (Å²) < 4.78 is 7.59. The molecular formula is C32H32N4O3. The van der Waals surface area contributed by atoms with Crippen molar-refractivity contribution in [3.05, 3.63) is 83.1 Å². The summed E-state index contributed by atoms with van der Waals surface area (Å²) in [6.07, 6.45) is 8.28. The van der Waals surface area contributed by atoms with Gasteiger partial charge in [-0.2, -0.15) is 10.4 Å². The van der Waals surface area contributed by atoms with E-state index in [1.807, 2.05) is 74.6 Å². The predicted octanol–water partition coefficient (Wildman–Crippen LogP) is 6.25. The first kappa shape index (κ1) is 26.2. The lowest BCUT2D eigenvalue weighted by molar-refractivity contribution is -0.143. The fourth-order valence-corrected chi connectivity index (χ4v) is 5.32. The zero-order chi connectivity index (χ0) is 27.5. The number of hydrogen-bond acceptors (Lipinski definition) is 5. The molecule has 7 heteroatoms. The summed E-state index contributed by atoms with van der Waals surface area (Å²) in [4.78, 5) is 28.4. The van der Waals surface area contributed by atoms with Crippen LogP contribution in [0.3, 0.4) is 0 Å². The van der Waals surface area contributed by atoms with Crippen LogP contribution in [-0.2, 0) is 9.59 Å². The van der Waals surface area contributed by atoms with Gasteiger partial charge in [-0.1, -0.05) is 37.5 Å². The van der Waals surface area contributed by atoms with Crippen LogP contribution in [0.5, 0.6) is 5.75 Å². The molecule has 0 N–H and O–H groups in total. The Balaban J connectivity index is 1.63. The number of aromatic nitrogens is 2. The van der Waals surface area contributed by atoms with Crippen molar-refractivity contribution in [1.29, 1.82) is 5.26 Å². The Morgan fingerprint density at radius 3 is 2.33 bits per heavy atom. The van der Waals surface area contributed by atoms with Crippen LogP contribution in [0, 0.1) is 11.3 Å². The second kappa shape index (κ2) is 11.1. The number of hydrogen-bond donors (Lipinski definition) is 0. The van der Waals surface area contributed by atoms with E-state index in [1.165, 1.54) is 4.90 Å². The van der Waals surface area contributed by atoms with E-state index in [1.54, 1.807) is 17.7 Å². The fourth-order valence-electron chi connectivity index (χ4n) is 5.32. The van der Waals surface area contributed by atoms with Gasteiger partial charge in [0.25, 0.3) is 11.8 Å². The number of para-hydroxylation sites is 1. The maximum absolute atomic E-state index is 13.8. The van der Waals surface area contributed by atoms with Gasteiger partial charge in [-0.25, -0.2) is 4.68 Å². The summed E-state index contributed by atoms with van der Waals surface area (Å²) in [5, 5.41) is 14.7. The summed E-state index contributed by atoms with van der Waals surface area (Å²) >= 11 is 0. The summed E-state index contributed by atoms with van der Waals surface area (Å²) in [7, 11) is 0. The Labute approximate surface area is 229 Å². The minimum Gasteiger partial charge on any atom is -0.491 e. The van der Waals surface area contributed by atoms with Crippen LogP contribution < -0.4 is 4.74 Å². The SMILES string of the molecule is CC1=C(C#N)C(=O)N(C2CCCCC2)C(=O)/C1=C/c1cn(-c2ccccc2)nc1-c1ccc(OC(C)C)cc1. The highest BCUT2D eigenvalue weighted by Gasteiger charge is 2.40. The molecule has 0 radical (unpaired) electrons. The molecule has 0 atom stereocenters. The zero-order valence-corrected chi connectivity index (χ0v) is 22.6. The number of benzene rings is 2. The van der Waals surface area contributed by atoms with Crippen molar-refractivity contribution in [2.24, 2.45) is 0 Å². The standard InChI is InChI=1S/C32H32N4O3/c1-21(2)39-27-16-14-23(15-17-27)30-24(20-35(34-30)25-10-6-4-7-11-25)18-28-22(3)29(19-33)32(38)36(31(28)37)26-12-8-5-9-13-26/h4,6-7,10-11,14-18,20-21,26H,5,8-9,12-13H2,1-3H3/b28-18+. The van der Waals surface area contributed by atoms with Gasteiger partial charge in [0.05, 0.1) is 17.5 Å². The van der Waals surface area contributed by atoms with Crippen molar-refractivity contribution < 1.29 is 14.3 Å². The molecule has 3 aromatic rings. The Kier molecular flexibility index (Phi) is 7.47. The molecule has 2 heterocycles. The van der Waals surface area contributed by atoms with Crippen LogP contribution >= 0.6 is 0 Å². The second-order valence-electron chi connectivity index (χ2n) is 10.3. The van der Waals surface area contributed by atoms with E-state index in [4.69, 9.17) is 9.84 Å². The van der Waals surface area contributed by atoms with E-state index in [0.29, 0.717) is 22.4 Å². The summed E-state index contributed by atoms with van der Waals surface area (Å²) in [6.45, 7) is 5.64. The lowest BCUT2D eigenvalue weighted by atomic mass is 9.88. The topological polar surface area (TPSA) is 88.2 Å². The molecule has 39 heavy (non-hydrogen) atoms. The molecule has 0 bridgehead atoms. The summed E-state index contributed by atoms with van der Waals surface area (Å²) in [5.41, 5.74) is 3.92. The van der Waals surface area contributed by atoms with Crippen LogP contribution in [0.4, 0.5) is 0 Å². The molecule has 0 unspecified atom stereocenters. The van der Waals surface area contributed by atoms with Crippen LogP contribution in [-0.4, -0.2) is 38.6 Å². The second-order valence-corrected chi connectivity index (χ2v) is 10.3. The first-order chi connectivity index (χ1) is 18.9. The highest BCUT2D eigenvalue weighted by Crippen LogP contribution is 2.34. The molecule has 1 saturated carbocycles. The number of rotatable bonds is 6. The van der Waals surface area contributed by atoms with Crippen molar-refractivity contribution in [2.45, 2.75) is 65.0 Å². The molecule has 0 saturated heterocycles. The van der Waals surface area contributed by atoms with Gasteiger partial charge in [0.2, 0.25) is 0 Å². The van der Waals surface area contributed by atoms with Crippen LogP contribution in [0.1, 0.15) is 58.4 Å². The molecule has 7 nitrogen and oxygen atoms in total. The van der Waals surface area contributed by atoms with Gasteiger partial charge >= 0.3 is 0 Å². The van der Waals surface area contributed by atoms with E-state index in [-0.39, 0.29) is 23.6 Å². The minimum atomic E-state index is -0.481. The van der Waals surface area contributed by atoms with Crippen LogP contribution in [0.15, 0.2) is 77.5 Å². The van der Waals surface area contributed by atoms with E-state index >= 15 is 0 Å². The molecule has 2 aliphatic rings. The quantitative estimate of drug-likeness (QED) is 0.283. The molecule has 1 aliphatic heterocycles. The molecule has 1 aliphatic carbocycles. The maximum Gasteiger partial charge on any atom is 0.271 e. The zero-order valence-electron chi connectivity index (χ0n) is 22.6. The fraction of sp³-hybridized carbons (Fsp3) is 0.312. The molecule has 1 fully saturated rings. The van der Waals surface area contributed by atoms with Crippen molar-refractivity contribution in [3.63, 3.8) is 0 Å². The third-order valence-electron chi connectivity index (χ3n) is 7.28. The molecule has 0 spiro atoms. The minimum absolute atomic E-state index is 0.0265. The molecule has 198 valence electrons. The maximum atomic E-state index is 13.8. The first-order valence-corrected chi connectivity index (χ1v) is 13.5. The Hall–Kier alpha value is -4.44. The van der Waals surface area contributed by atoms with Gasteiger partial charge in [0.1, 0.15) is 17.4 Å². The Morgan fingerprint density at radius 1 is 1.00 bits per heavy atom. The van der Waals surface area contributed by atoms with Crippen molar-refractivity contribution in [3.8, 4) is 28.8 Å². The van der Waals surface area contributed by atoms with Crippen molar-refractivity contribution >= 4 is 17.9 Å². The third kappa shape index (κ3) is 5.28. The highest BCUT2D eigenvalue weighted by molar-refractivity contribution is 6.20. The van der Waals surface area contributed by atoms with E-state index < -0.39 is 5.91 Å². The molecule has 2 amide bonds. The first-order valence-electron chi connectivity index (χ1n) is 13.5. The number of ether oxygens (including phenoxy) is 1. The van der Waals surface area contributed by atoms with Gasteiger partial charge in [0.15, 0.2) is 0 Å². The van der Waals surface area contributed by atoms with E-state index in [9.17, 15) is 14.9 Å². The monoisotopic (exact) mass is 520 g/mol. The van der Waals surface area contributed by atoms with Gasteiger partial charge in [-0.05, 0) is 81.7 Å². The van der Waals surface area contributed by atoms with Gasteiger partial charge < -0.3 is 4.74 Å². The van der Waals surface area contributed by atoms with Crippen molar-refractivity contribution in [2.75, 3.05) is 0 Å². The van der Waals surface area contributed by atoms with Gasteiger partial charge in [0, 0.05) is 28.9 Å². The highest BCUT2D eigenvalue weighted by atomic mass is 16.5. The summed E-state index contributed by atoms with van der Waals surface area (Å²) in [6, 6.07) is 19.3. The van der Waals surface area contributed by atoms with Gasteiger partial charge in [-0.15, -0.1) is 0 Å². The van der Waals surface area contributed by atoms with Crippen LogP contribution in [0.2, 0.25) is 0 Å². The number of carbonyl (C=O) groups is 2. The average molecular weight is 521 g/mol. The predicted molar refractivity (Wildman–Crippen MR) is 150 cm³/mol. The number of nitriles is 1. The number of carbonyl (C=O) groups excluding carboxylic acids is 2. The van der Waals surface area contributed by atoms with E-state index in [2.05, 4.69) is 6.07 Å². The number of amides is 2. The number of imide groups is 1. The smallest absolute Gasteiger partial charge is 0.271 e. The molecular weight excluding hydrogens is 488 g/mol. The molecule has 1 aromatic heterocycles. The Bertz CT molecular complexity index is 1480. The van der Waals surface area contributed by atoms with Gasteiger partial charge in [-0.3, -0.25) is 14.5 Å². The average Bonchev–Trinajstić information content (AvgIpc) is 3.36. The van der Waals surface area contributed by atoms with Crippen LogP contribution in [0.25, 0.3) is 23.0 Å². The summed E-state index contributed by atoms with van der Waals surface area (Å²) in [5.74, 6) is -0.0647. The number of nitrogens with zero attached hydrogens (tertiary/aromatic N) is 4.